The third-order valence-electron chi connectivity index (χ3n) is 6.07. The predicted molar refractivity (Wildman–Crippen MR) is 117 cm³/mol. The van der Waals surface area contributed by atoms with Crippen molar-refractivity contribution < 1.29 is 9.18 Å². The van der Waals surface area contributed by atoms with Gasteiger partial charge in [0.15, 0.2) is 0 Å². The lowest BCUT2D eigenvalue weighted by Gasteiger charge is -2.36. The minimum atomic E-state index is -0.416. The molecule has 1 amide bonds. The topological polar surface area (TPSA) is 67.2 Å². The van der Waals surface area contributed by atoms with E-state index in [1.165, 1.54) is 33.6 Å². The second-order valence-electron chi connectivity index (χ2n) is 8.16. The fourth-order valence-corrected chi connectivity index (χ4v) is 5.39. The number of fused-ring (bicyclic) bond motifs is 3. The fraction of sp³-hybridized carbons (Fsp3) is 0.364. The van der Waals surface area contributed by atoms with E-state index in [-0.39, 0.29) is 23.4 Å². The molecule has 2 aliphatic heterocycles. The molecule has 2 aromatic carbocycles. The number of likely N-dealkylation sites (N-methyl/N-ethyl adjacent to an activating group) is 1. The first-order valence-corrected chi connectivity index (χ1v) is 11.3. The number of aromatic nitrogens is 4. The summed E-state index contributed by atoms with van der Waals surface area (Å²) in [7, 11) is 2.13. The number of para-hydroxylation sites is 1. The van der Waals surface area contributed by atoms with Crippen LogP contribution in [0.5, 0.6) is 0 Å². The average molecular weight is 439 g/mol. The normalized spacial score (nSPS) is 20.5. The number of carbonyl (C=O) groups is 1. The van der Waals surface area contributed by atoms with Crippen LogP contribution in [0, 0.1) is 12.7 Å². The molecule has 0 N–H and O–H groups in total. The number of aryl methyl sites for hydroxylation is 1. The maximum Gasteiger partial charge on any atom is 0.237 e. The summed E-state index contributed by atoms with van der Waals surface area (Å²) < 4.78 is 15.5. The Bertz CT molecular complexity index is 1130. The van der Waals surface area contributed by atoms with Crippen molar-refractivity contribution in [2.45, 2.75) is 30.5 Å². The zero-order valence-electron chi connectivity index (χ0n) is 17.4. The highest BCUT2D eigenvalue weighted by Gasteiger charge is 2.43. The Balaban J connectivity index is 1.38. The van der Waals surface area contributed by atoms with Crippen molar-refractivity contribution in [2.24, 2.45) is 0 Å². The molecule has 1 aromatic heterocycles. The van der Waals surface area contributed by atoms with Crippen molar-refractivity contribution in [1.29, 1.82) is 0 Å². The van der Waals surface area contributed by atoms with Gasteiger partial charge in [0.25, 0.3) is 0 Å². The molecule has 9 heteroatoms. The van der Waals surface area contributed by atoms with Gasteiger partial charge in [-0.2, -0.15) is 4.68 Å². The van der Waals surface area contributed by atoms with Crippen LogP contribution < -0.4 is 4.90 Å². The third-order valence-corrected chi connectivity index (χ3v) is 6.97. The number of rotatable bonds is 4. The van der Waals surface area contributed by atoms with Crippen molar-refractivity contribution in [3.8, 4) is 5.69 Å². The fourth-order valence-electron chi connectivity index (χ4n) is 4.64. The average Bonchev–Trinajstić information content (AvgIpc) is 3.34. The van der Waals surface area contributed by atoms with Crippen LogP contribution in [0.1, 0.15) is 23.5 Å². The molecule has 3 aromatic rings. The molecule has 31 heavy (non-hydrogen) atoms. The zero-order valence-corrected chi connectivity index (χ0v) is 18.2. The number of anilines is 1. The van der Waals surface area contributed by atoms with Crippen LogP contribution >= 0.6 is 11.8 Å². The van der Waals surface area contributed by atoms with E-state index in [4.69, 9.17) is 0 Å². The number of amides is 1. The van der Waals surface area contributed by atoms with Gasteiger partial charge in [0, 0.05) is 24.2 Å². The smallest absolute Gasteiger partial charge is 0.237 e. The highest BCUT2D eigenvalue weighted by atomic mass is 32.2. The van der Waals surface area contributed by atoms with Gasteiger partial charge in [-0.15, -0.1) is 5.10 Å². The van der Waals surface area contributed by atoms with Gasteiger partial charge < -0.3 is 9.80 Å². The Morgan fingerprint density at radius 1 is 1.23 bits per heavy atom. The van der Waals surface area contributed by atoms with E-state index in [2.05, 4.69) is 52.6 Å². The first-order chi connectivity index (χ1) is 15.0. The molecule has 160 valence electrons. The van der Waals surface area contributed by atoms with Crippen LogP contribution in [0.2, 0.25) is 0 Å². The monoisotopic (exact) mass is 438 g/mol. The Labute approximate surface area is 184 Å². The van der Waals surface area contributed by atoms with Gasteiger partial charge in [-0.3, -0.25) is 4.79 Å². The van der Waals surface area contributed by atoms with Gasteiger partial charge in [0.1, 0.15) is 11.5 Å². The van der Waals surface area contributed by atoms with Crippen LogP contribution in [0.15, 0.2) is 47.6 Å². The summed E-state index contributed by atoms with van der Waals surface area (Å²) in [6.07, 6.45) is 0.943. The lowest BCUT2D eigenvalue weighted by molar-refractivity contribution is -0.116. The molecule has 0 spiro atoms. The molecule has 0 saturated carbocycles. The van der Waals surface area contributed by atoms with Gasteiger partial charge in [-0.05, 0) is 61.1 Å². The summed E-state index contributed by atoms with van der Waals surface area (Å²) in [6, 6.07) is 12.8. The summed E-state index contributed by atoms with van der Waals surface area (Å²) in [5.74, 6) is 0.115. The van der Waals surface area contributed by atoms with E-state index >= 15 is 0 Å². The Morgan fingerprint density at radius 2 is 2.06 bits per heavy atom. The summed E-state index contributed by atoms with van der Waals surface area (Å²) in [5, 5.41) is 12.0. The number of piperidine rings is 1. The molecule has 2 unspecified atom stereocenters. The number of carbonyl (C=O) groups excluding carboxylic acids is 1. The number of nitrogens with zero attached hydrogens (tertiary/aromatic N) is 6. The predicted octanol–water partition coefficient (Wildman–Crippen LogP) is 3.04. The van der Waals surface area contributed by atoms with E-state index in [1.807, 2.05) is 4.90 Å². The van der Waals surface area contributed by atoms with Crippen molar-refractivity contribution in [1.82, 2.24) is 25.1 Å². The summed E-state index contributed by atoms with van der Waals surface area (Å²) in [4.78, 5) is 17.7. The first-order valence-electron chi connectivity index (χ1n) is 10.3. The highest BCUT2D eigenvalue weighted by molar-refractivity contribution is 7.99. The van der Waals surface area contributed by atoms with Crippen LogP contribution in [0.4, 0.5) is 10.1 Å². The van der Waals surface area contributed by atoms with Crippen molar-refractivity contribution in [3.63, 3.8) is 0 Å². The molecule has 1 fully saturated rings. The number of hydrogen-bond acceptors (Lipinski definition) is 6. The maximum atomic E-state index is 14.2. The molecule has 0 aliphatic carbocycles. The number of halogens is 1. The molecule has 2 atom stereocenters. The van der Waals surface area contributed by atoms with Crippen molar-refractivity contribution >= 4 is 23.4 Å². The Morgan fingerprint density at radius 3 is 2.90 bits per heavy atom. The minimum absolute atomic E-state index is 0.0234. The second kappa shape index (κ2) is 8.05. The zero-order chi connectivity index (χ0) is 21.5. The van der Waals surface area contributed by atoms with Gasteiger partial charge in [0.05, 0.1) is 5.75 Å². The third kappa shape index (κ3) is 3.61. The van der Waals surface area contributed by atoms with E-state index in [1.54, 1.807) is 18.2 Å². The molecule has 3 heterocycles. The lowest BCUT2D eigenvalue weighted by Crippen LogP contribution is -2.47. The largest absolute Gasteiger partial charge is 0.308 e. The minimum Gasteiger partial charge on any atom is -0.308 e. The van der Waals surface area contributed by atoms with Crippen LogP contribution in [-0.4, -0.2) is 62.9 Å². The van der Waals surface area contributed by atoms with Crippen molar-refractivity contribution in [3.05, 3.63) is 59.4 Å². The molecular weight excluding hydrogens is 415 g/mol. The van der Waals surface area contributed by atoms with E-state index in [9.17, 15) is 9.18 Å². The number of hydrogen-bond donors (Lipinski definition) is 0. The quantitative estimate of drug-likeness (QED) is 0.584. The Hall–Kier alpha value is -2.78. The molecule has 1 saturated heterocycles. The van der Waals surface area contributed by atoms with E-state index in [0.717, 1.165) is 25.2 Å². The second-order valence-corrected chi connectivity index (χ2v) is 9.11. The van der Waals surface area contributed by atoms with Crippen LogP contribution in [0.25, 0.3) is 5.69 Å². The summed E-state index contributed by atoms with van der Waals surface area (Å²) in [6.45, 7) is 4.00. The molecule has 0 bridgehead atoms. The number of benzene rings is 2. The van der Waals surface area contributed by atoms with Crippen LogP contribution in [0.3, 0.4) is 0 Å². The van der Waals surface area contributed by atoms with Crippen LogP contribution in [-0.2, 0) is 4.79 Å². The highest BCUT2D eigenvalue weighted by Crippen LogP contribution is 2.45. The number of likely N-dealkylation sites (tertiary alicyclic amines) is 1. The van der Waals surface area contributed by atoms with Gasteiger partial charge in [-0.25, -0.2) is 4.39 Å². The molecule has 0 radical (unpaired) electrons. The number of thioether (sulfide) groups is 1. The molecule has 2 aliphatic rings. The first kappa shape index (κ1) is 20.1. The summed E-state index contributed by atoms with van der Waals surface area (Å²) >= 11 is 1.23. The maximum absolute atomic E-state index is 14.2. The van der Waals surface area contributed by atoms with E-state index < -0.39 is 5.82 Å². The lowest BCUT2D eigenvalue weighted by atomic mass is 9.89. The van der Waals surface area contributed by atoms with Gasteiger partial charge in [0.2, 0.25) is 11.1 Å². The van der Waals surface area contributed by atoms with Crippen molar-refractivity contribution in [2.75, 3.05) is 30.8 Å². The van der Waals surface area contributed by atoms with E-state index in [0.29, 0.717) is 11.1 Å². The molecule has 7 nitrogen and oxygen atoms in total. The molecular formula is C22H23FN6OS. The number of tetrazole rings is 1. The standard InChI is InChI=1S/C22H23FN6OS/c1-14-7-8-18-15(11-14)16-12-27(2)10-9-19(16)28(18)21(30)13-31-22-24-25-26-29(22)20-6-4-3-5-17(20)23/h3-8,11,16,19H,9-10,12-13H2,1-2H3. The van der Waals surface area contributed by atoms with Gasteiger partial charge in [-0.1, -0.05) is 41.6 Å². The SMILES string of the molecule is Cc1ccc2c(c1)C1CN(C)CCC1N2C(=O)CSc1nnnn1-c1ccccc1F. The van der Waals surface area contributed by atoms with Gasteiger partial charge >= 0.3 is 0 Å². The summed E-state index contributed by atoms with van der Waals surface area (Å²) in [5.41, 5.74) is 3.74. The Kier molecular flexibility index (Phi) is 5.23. The molecule has 5 rings (SSSR count).